The molecule has 0 saturated carbocycles. The molecule has 0 bridgehead atoms. The molecule has 8 aromatic rings. The Bertz CT molecular complexity index is 2760. The lowest BCUT2D eigenvalue weighted by molar-refractivity contribution is 0.394. The number of hydrogen-bond donors (Lipinski definition) is 0. The summed E-state index contributed by atoms with van der Waals surface area (Å²) in [4.78, 5) is 5.12. The molecule has 6 aromatic carbocycles. The van der Waals surface area contributed by atoms with Crippen molar-refractivity contribution in [2.45, 2.75) is 26.2 Å². The Morgan fingerprint density at radius 3 is 2.11 bits per heavy atom. The van der Waals surface area contributed by atoms with Gasteiger partial charge in [-0.05, 0) is 109 Å². The molecule has 0 amide bonds. The second-order valence-electron chi connectivity index (χ2n) is 14.1. The highest BCUT2D eigenvalue weighted by molar-refractivity contribution is 6.09. The van der Waals surface area contributed by atoms with Crippen molar-refractivity contribution in [3.05, 3.63) is 204 Å². The quantitative estimate of drug-likeness (QED) is 0.173. The molecule has 0 radical (unpaired) electrons. The molecule has 0 atom stereocenters. The van der Waals surface area contributed by atoms with E-state index >= 15 is 0 Å². The Kier molecular flexibility index (Phi) is 7.91. The van der Waals surface area contributed by atoms with E-state index in [0.717, 1.165) is 70.1 Å². The molecule has 3 heterocycles. The third-order valence-electron chi connectivity index (χ3n) is 10.9. The Hall–Kier alpha value is -6.71. The first kappa shape index (κ1) is 32.0. The second-order valence-corrected chi connectivity index (χ2v) is 14.1. The van der Waals surface area contributed by atoms with Gasteiger partial charge in [0.2, 0.25) is 0 Å². The third kappa shape index (κ3) is 5.57. The molecular formula is C51H38N2O. The molecule has 10 rings (SSSR count). The van der Waals surface area contributed by atoms with E-state index in [1.165, 1.54) is 49.6 Å². The van der Waals surface area contributed by atoms with Gasteiger partial charge in [0, 0.05) is 38.7 Å². The van der Waals surface area contributed by atoms with Crippen LogP contribution in [-0.4, -0.2) is 9.55 Å². The van der Waals surface area contributed by atoms with Crippen molar-refractivity contribution >= 4 is 33.1 Å². The molecule has 1 aliphatic heterocycles. The number of nitrogens with zero attached hydrogens (tertiary/aromatic N) is 2. The van der Waals surface area contributed by atoms with Crippen LogP contribution in [0.4, 0.5) is 0 Å². The van der Waals surface area contributed by atoms with E-state index in [4.69, 9.17) is 9.72 Å². The van der Waals surface area contributed by atoms with Gasteiger partial charge in [0.05, 0.1) is 22.4 Å². The predicted octanol–water partition coefficient (Wildman–Crippen LogP) is 13.0. The van der Waals surface area contributed by atoms with Crippen LogP contribution in [0.15, 0.2) is 182 Å². The van der Waals surface area contributed by atoms with Gasteiger partial charge in [-0.3, -0.25) is 0 Å². The normalized spacial score (nSPS) is 15.0. The highest BCUT2D eigenvalue weighted by atomic mass is 16.5. The number of pyridine rings is 1. The van der Waals surface area contributed by atoms with Crippen molar-refractivity contribution < 1.29 is 4.74 Å². The van der Waals surface area contributed by atoms with E-state index in [2.05, 4.69) is 175 Å². The lowest BCUT2D eigenvalue weighted by Gasteiger charge is -2.29. The van der Waals surface area contributed by atoms with Gasteiger partial charge in [0.15, 0.2) is 0 Å². The minimum absolute atomic E-state index is 0.805. The predicted molar refractivity (Wildman–Crippen MR) is 224 cm³/mol. The molecule has 2 aromatic heterocycles. The highest BCUT2D eigenvalue weighted by Crippen LogP contribution is 2.43. The summed E-state index contributed by atoms with van der Waals surface area (Å²) in [7, 11) is 0. The second kappa shape index (κ2) is 13.4. The van der Waals surface area contributed by atoms with Crippen LogP contribution < -0.4 is 0 Å². The van der Waals surface area contributed by atoms with Gasteiger partial charge < -0.3 is 9.30 Å². The number of fused-ring (bicyclic) bond motifs is 3. The number of allylic oxidation sites excluding steroid dienone is 4. The Labute approximate surface area is 315 Å². The summed E-state index contributed by atoms with van der Waals surface area (Å²) in [5, 5.41) is 2.50. The van der Waals surface area contributed by atoms with Crippen molar-refractivity contribution in [2.75, 3.05) is 0 Å². The summed E-state index contributed by atoms with van der Waals surface area (Å²) in [5.41, 5.74) is 16.3. The third-order valence-corrected chi connectivity index (χ3v) is 10.9. The van der Waals surface area contributed by atoms with Crippen molar-refractivity contribution in [1.29, 1.82) is 0 Å². The topological polar surface area (TPSA) is 27.1 Å². The zero-order valence-corrected chi connectivity index (χ0v) is 30.2. The molecule has 0 fully saturated rings. The molecule has 0 spiro atoms. The molecule has 2 aliphatic rings. The first-order valence-electron chi connectivity index (χ1n) is 18.9. The van der Waals surface area contributed by atoms with Gasteiger partial charge >= 0.3 is 0 Å². The average Bonchev–Trinajstić information content (AvgIpc) is 3.57. The van der Waals surface area contributed by atoms with Crippen molar-refractivity contribution in [2.24, 2.45) is 0 Å². The smallest absolute Gasteiger partial charge is 0.131 e. The number of rotatable bonds is 6. The zero-order valence-electron chi connectivity index (χ0n) is 30.2. The lowest BCUT2D eigenvalue weighted by atomic mass is 9.85. The first-order chi connectivity index (χ1) is 26.7. The number of ether oxygens (including phenoxy) is 1. The Balaban J connectivity index is 1.06. The summed E-state index contributed by atoms with van der Waals surface area (Å²) in [6.45, 7) is 2.07. The molecular weight excluding hydrogens is 657 g/mol. The number of para-hydroxylation sites is 1. The van der Waals surface area contributed by atoms with Crippen LogP contribution in [0, 0.1) is 0 Å². The highest BCUT2D eigenvalue weighted by Gasteiger charge is 2.27. The van der Waals surface area contributed by atoms with E-state index in [1.54, 1.807) is 0 Å². The molecule has 0 unspecified atom stereocenters. The minimum atomic E-state index is 0.805. The van der Waals surface area contributed by atoms with Gasteiger partial charge in [0.1, 0.15) is 11.5 Å². The van der Waals surface area contributed by atoms with Crippen molar-refractivity contribution in [3.8, 4) is 39.3 Å². The molecule has 258 valence electrons. The van der Waals surface area contributed by atoms with Crippen LogP contribution in [0.3, 0.4) is 0 Å². The van der Waals surface area contributed by atoms with E-state index in [9.17, 15) is 0 Å². The van der Waals surface area contributed by atoms with Crippen LogP contribution in [-0.2, 0) is 17.6 Å². The fraction of sp³-hybridized carbons (Fsp3) is 0.0784. The standard InChI is InChI=1S/C51H38N2O/c1-2-49-42(43-23-12-18-37-19-13-25-50(54-49)51(37)43)28-26-34-27-29-48-44(30-34)41-22-9-10-24-47(41)53(48)40-21-11-20-38(31-40)39-32-45(35-14-5-3-6-15-35)52-46(33-39)36-16-7-4-8-17-36/h2-12,14-18,20-25,27-33H,13,19,26H2,1H3/b42-28-,49-2+. The van der Waals surface area contributed by atoms with Gasteiger partial charge in [-0.15, -0.1) is 0 Å². The molecule has 1 aliphatic carbocycles. The van der Waals surface area contributed by atoms with Gasteiger partial charge in [0.25, 0.3) is 0 Å². The molecule has 3 nitrogen and oxygen atoms in total. The van der Waals surface area contributed by atoms with Crippen molar-refractivity contribution in [1.82, 2.24) is 9.55 Å². The van der Waals surface area contributed by atoms with E-state index in [0.29, 0.717) is 0 Å². The summed E-state index contributed by atoms with van der Waals surface area (Å²) in [6, 6.07) is 56.6. The zero-order chi connectivity index (χ0) is 36.0. The van der Waals surface area contributed by atoms with Gasteiger partial charge in [-0.2, -0.15) is 0 Å². The van der Waals surface area contributed by atoms with E-state index < -0.39 is 0 Å². The average molecular weight is 695 g/mol. The minimum Gasteiger partial charge on any atom is -0.457 e. The number of aryl methyl sites for hydroxylation is 1. The number of hydrogen-bond acceptors (Lipinski definition) is 2. The number of benzene rings is 6. The Morgan fingerprint density at radius 1 is 0.630 bits per heavy atom. The summed E-state index contributed by atoms with van der Waals surface area (Å²) < 4.78 is 8.88. The summed E-state index contributed by atoms with van der Waals surface area (Å²) in [6.07, 6.45) is 9.57. The van der Waals surface area contributed by atoms with Crippen LogP contribution in [0.1, 0.15) is 35.6 Å². The van der Waals surface area contributed by atoms with Crippen LogP contribution in [0.2, 0.25) is 0 Å². The van der Waals surface area contributed by atoms with Gasteiger partial charge in [-0.25, -0.2) is 4.98 Å². The van der Waals surface area contributed by atoms with E-state index in [-0.39, 0.29) is 0 Å². The van der Waals surface area contributed by atoms with Crippen LogP contribution in [0.25, 0.3) is 72.5 Å². The molecule has 0 N–H and O–H groups in total. The molecule has 3 heteroatoms. The molecule has 54 heavy (non-hydrogen) atoms. The maximum Gasteiger partial charge on any atom is 0.131 e. The maximum absolute atomic E-state index is 6.47. The fourth-order valence-corrected chi connectivity index (χ4v) is 8.29. The Morgan fingerprint density at radius 2 is 1.33 bits per heavy atom. The molecule has 0 saturated heterocycles. The summed E-state index contributed by atoms with van der Waals surface area (Å²) >= 11 is 0. The largest absolute Gasteiger partial charge is 0.457 e. The van der Waals surface area contributed by atoms with E-state index in [1.807, 2.05) is 12.1 Å². The maximum atomic E-state index is 6.47. The fourth-order valence-electron chi connectivity index (χ4n) is 8.29. The SMILES string of the molecule is C/C=C1/OC2=CCCc3cccc(c32)/C1=C/Cc1ccc2c(c1)c1ccccc1n2-c1cccc(-c2cc(-c3ccccc3)nc(-c3ccccc3)c2)c1. The summed E-state index contributed by atoms with van der Waals surface area (Å²) in [5.74, 6) is 1.94. The monoisotopic (exact) mass is 694 g/mol. The lowest BCUT2D eigenvalue weighted by Crippen LogP contribution is -2.12. The van der Waals surface area contributed by atoms with Crippen LogP contribution in [0.5, 0.6) is 0 Å². The van der Waals surface area contributed by atoms with Crippen molar-refractivity contribution in [3.63, 3.8) is 0 Å². The van der Waals surface area contributed by atoms with Gasteiger partial charge in [-0.1, -0.05) is 121 Å². The first-order valence-corrected chi connectivity index (χ1v) is 18.9. The van der Waals surface area contributed by atoms with Crippen LogP contribution >= 0.6 is 0 Å². The number of aromatic nitrogens is 2.